The van der Waals surface area contributed by atoms with E-state index in [1.807, 2.05) is 30.3 Å². The zero-order valence-corrected chi connectivity index (χ0v) is 17.5. The third kappa shape index (κ3) is 4.03. The van der Waals surface area contributed by atoms with Gasteiger partial charge in [0.25, 0.3) is 0 Å². The molecule has 0 radical (unpaired) electrons. The summed E-state index contributed by atoms with van der Waals surface area (Å²) < 4.78 is 14.7. The number of fused-ring (bicyclic) bond motifs is 3. The van der Waals surface area contributed by atoms with Gasteiger partial charge in [-0.15, -0.1) is 0 Å². The van der Waals surface area contributed by atoms with Gasteiger partial charge in [0, 0.05) is 35.3 Å². The monoisotopic (exact) mass is 406 g/mol. The number of aliphatic carboxylic acids is 1. The molecular formula is C25H27FN2O2. The van der Waals surface area contributed by atoms with Crippen molar-refractivity contribution in [3.63, 3.8) is 0 Å². The van der Waals surface area contributed by atoms with Gasteiger partial charge in [0.1, 0.15) is 5.67 Å². The van der Waals surface area contributed by atoms with Crippen LogP contribution in [0.2, 0.25) is 0 Å². The van der Waals surface area contributed by atoms with E-state index < -0.39 is 11.6 Å². The van der Waals surface area contributed by atoms with Crippen LogP contribution in [0.5, 0.6) is 0 Å². The summed E-state index contributed by atoms with van der Waals surface area (Å²) in [5.74, 6) is -0.973. The molecule has 2 atom stereocenters. The number of aromatic amines is 1. The third-order valence-electron chi connectivity index (χ3n) is 5.75. The zero-order chi connectivity index (χ0) is 21.5. The fourth-order valence-corrected chi connectivity index (χ4v) is 4.50. The molecule has 0 saturated carbocycles. The quantitative estimate of drug-likeness (QED) is 0.562. The average molecular weight is 407 g/mol. The number of carboxylic acids is 1. The Morgan fingerprint density at radius 1 is 1.23 bits per heavy atom. The predicted molar refractivity (Wildman–Crippen MR) is 118 cm³/mol. The lowest BCUT2D eigenvalue weighted by Crippen LogP contribution is -2.47. The number of aromatic nitrogens is 1. The molecule has 0 aliphatic carbocycles. The van der Waals surface area contributed by atoms with E-state index in [0.29, 0.717) is 6.54 Å². The Bertz CT molecular complexity index is 1090. The highest BCUT2D eigenvalue weighted by Gasteiger charge is 2.38. The molecule has 2 unspecified atom stereocenters. The first-order valence-electron chi connectivity index (χ1n) is 10.3. The molecule has 3 aromatic rings. The average Bonchev–Trinajstić information content (AvgIpc) is 3.04. The maximum atomic E-state index is 14.7. The molecular weight excluding hydrogens is 379 g/mol. The third-order valence-corrected chi connectivity index (χ3v) is 5.75. The second-order valence-corrected chi connectivity index (χ2v) is 8.75. The number of carboxylic acid groups (broad SMARTS) is 1. The SMILES string of the molecule is CC1Cc2c([nH]c3ccccc23)C(c2ccc(C=CC(=O)O)cc2)N1CC(C)(C)F. The minimum Gasteiger partial charge on any atom is -0.478 e. The van der Waals surface area contributed by atoms with Crippen molar-refractivity contribution >= 4 is 22.9 Å². The molecule has 0 amide bonds. The largest absolute Gasteiger partial charge is 0.478 e. The van der Waals surface area contributed by atoms with Crippen LogP contribution in [-0.2, 0) is 11.2 Å². The molecule has 4 nitrogen and oxygen atoms in total. The fraction of sp³-hybridized carbons (Fsp3) is 0.320. The van der Waals surface area contributed by atoms with Gasteiger partial charge in [0.05, 0.1) is 6.04 Å². The highest BCUT2D eigenvalue weighted by Crippen LogP contribution is 2.41. The molecule has 30 heavy (non-hydrogen) atoms. The molecule has 156 valence electrons. The van der Waals surface area contributed by atoms with Crippen LogP contribution in [0, 0.1) is 0 Å². The normalized spacial score (nSPS) is 20.0. The predicted octanol–water partition coefficient (Wildman–Crippen LogP) is 5.35. The maximum absolute atomic E-state index is 14.7. The Labute approximate surface area is 176 Å². The van der Waals surface area contributed by atoms with Crippen LogP contribution in [0.4, 0.5) is 4.39 Å². The summed E-state index contributed by atoms with van der Waals surface area (Å²) in [5, 5.41) is 10.1. The van der Waals surface area contributed by atoms with Crippen LogP contribution in [0.15, 0.2) is 54.6 Å². The first kappa shape index (κ1) is 20.4. The van der Waals surface area contributed by atoms with Gasteiger partial charge in [-0.05, 0) is 56.0 Å². The minimum absolute atomic E-state index is 0.0938. The number of nitrogens with one attached hydrogen (secondary N) is 1. The van der Waals surface area contributed by atoms with Gasteiger partial charge < -0.3 is 10.1 Å². The van der Waals surface area contributed by atoms with Crippen molar-refractivity contribution in [3.05, 3.63) is 77.0 Å². The number of carbonyl (C=O) groups is 1. The number of H-pyrrole nitrogens is 1. The van der Waals surface area contributed by atoms with Gasteiger partial charge in [-0.25, -0.2) is 9.18 Å². The lowest BCUT2D eigenvalue weighted by molar-refractivity contribution is -0.131. The fourth-order valence-electron chi connectivity index (χ4n) is 4.50. The maximum Gasteiger partial charge on any atom is 0.328 e. The highest BCUT2D eigenvalue weighted by molar-refractivity contribution is 5.86. The molecule has 0 fully saturated rings. The standard InChI is InChI=1S/C25H27FN2O2/c1-16-14-20-19-6-4-5-7-21(19)27-23(20)24(28(16)15-25(2,3)26)18-11-8-17(9-12-18)10-13-22(29)30/h4-13,16,24,27H,14-15H2,1-3H3,(H,29,30). The Morgan fingerprint density at radius 2 is 1.93 bits per heavy atom. The summed E-state index contributed by atoms with van der Waals surface area (Å²) in [4.78, 5) is 16.6. The lowest BCUT2D eigenvalue weighted by Gasteiger charge is -2.43. The number of benzene rings is 2. The molecule has 1 aliphatic rings. The molecule has 2 heterocycles. The van der Waals surface area contributed by atoms with Crippen molar-refractivity contribution in [1.82, 2.24) is 9.88 Å². The number of rotatable bonds is 5. The van der Waals surface area contributed by atoms with Crippen molar-refractivity contribution in [2.45, 2.75) is 44.9 Å². The van der Waals surface area contributed by atoms with Gasteiger partial charge in [-0.2, -0.15) is 0 Å². The van der Waals surface area contributed by atoms with Gasteiger partial charge in [0.15, 0.2) is 0 Å². The Hall–Kier alpha value is -2.92. The van der Waals surface area contributed by atoms with E-state index in [9.17, 15) is 9.18 Å². The summed E-state index contributed by atoms with van der Waals surface area (Å²) in [6.45, 7) is 5.73. The minimum atomic E-state index is -1.32. The van der Waals surface area contributed by atoms with Gasteiger partial charge >= 0.3 is 5.97 Å². The molecule has 4 rings (SSSR count). The first-order valence-corrected chi connectivity index (χ1v) is 10.3. The summed E-state index contributed by atoms with van der Waals surface area (Å²) in [6, 6.07) is 16.2. The summed E-state index contributed by atoms with van der Waals surface area (Å²) >= 11 is 0. The number of alkyl halides is 1. The molecule has 0 spiro atoms. The Balaban J connectivity index is 1.81. The van der Waals surface area contributed by atoms with Crippen molar-refractivity contribution in [2.75, 3.05) is 6.54 Å². The van der Waals surface area contributed by atoms with E-state index in [1.54, 1.807) is 19.9 Å². The highest BCUT2D eigenvalue weighted by atomic mass is 19.1. The second-order valence-electron chi connectivity index (χ2n) is 8.75. The van der Waals surface area contributed by atoms with Crippen molar-refractivity contribution in [2.24, 2.45) is 0 Å². The van der Waals surface area contributed by atoms with Crippen molar-refractivity contribution in [3.8, 4) is 0 Å². The summed E-state index contributed by atoms with van der Waals surface area (Å²) in [5.41, 5.74) is 4.07. The van der Waals surface area contributed by atoms with E-state index in [-0.39, 0.29) is 12.1 Å². The molecule has 0 saturated heterocycles. The van der Waals surface area contributed by atoms with Crippen LogP contribution in [0.1, 0.15) is 49.2 Å². The summed E-state index contributed by atoms with van der Waals surface area (Å²) in [7, 11) is 0. The van der Waals surface area contributed by atoms with Crippen LogP contribution >= 0.6 is 0 Å². The van der Waals surface area contributed by atoms with Crippen molar-refractivity contribution < 1.29 is 14.3 Å². The molecule has 2 aromatic carbocycles. The van der Waals surface area contributed by atoms with E-state index >= 15 is 0 Å². The van der Waals surface area contributed by atoms with Crippen molar-refractivity contribution in [1.29, 1.82) is 0 Å². The molecule has 1 aliphatic heterocycles. The lowest BCUT2D eigenvalue weighted by atomic mass is 9.87. The smallest absolute Gasteiger partial charge is 0.328 e. The first-order chi connectivity index (χ1) is 14.2. The Kier molecular flexibility index (Phi) is 5.24. The number of halogens is 1. The number of hydrogen-bond acceptors (Lipinski definition) is 2. The molecule has 2 N–H and O–H groups in total. The summed E-state index contributed by atoms with van der Waals surface area (Å²) in [6.07, 6.45) is 3.57. The van der Waals surface area contributed by atoms with Gasteiger partial charge in [-0.1, -0.05) is 42.5 Å². The van der Waals surface area contributed by atoms with Gasteiger partial charge in [0.2, 0.25) is 0 Å². The number of para-hydroxylation sites is 1. The van der Waals surface area contributed by atoms with Crippen LogP contribution in [-0.4, -0.2) is 39.2 Å². The zero-order valence-electron chi connectivity index (χ0n) is 17.5. The van der Waals surface area contributed by atoms with Gasteiger partial charge in [-0.3, -0.25) is 4.90 Å². The van der Waals surface area contributed by atoms with E-state index in [2.05, 4.69) is 35.0 Å². The number of nitrogens with zero attached hydrogens (tertiary/aromatic N) is 1. The van der Waals surface area contributed by atoms with Crippen LogP contribution in [0.25, 0.3) is 17.0 Å². The van der Waals surface area contributed by atoms with E-state index in [0.717, 1.165) is 34.8 Å². The van der Waals surface area contributed by atoms with Crippen LogP contribution in [0.3, 0.4) is 0 Å². The van der Waals surface area contributed by atoms with Crippen LogP contribution < -0.4 is 0 Å². The Morgan fingerprint density at radius 3 is 2.60 bits per heavy atom. The topological polar surface area (TPSA) is 56.3 Å². The van der Waals surface area contributed by atoms with E-state index in [4.69, 9.17) is 5.11 Å². The van der Waals surface area contributed by atoms with E-state index in [1.165, 1.54) is 10.9 Å². The molecule has 0 bridgehead atoms. The number of hydrogen-bond donors (Lipinski definition) is 2. The molecule has 1 aromatic heterocycles. The second kappa shape index (κ2) is 7.73. The molecule has 5 heteroatoms.